The zero-order valence-electron chi connectivity index (χ0n) is 13.6. The summed E-state index contributed by atoms with van der Waals surface area (Å²) in [6.07, 6.45) is -0.521. The summed E-state index contributed by atoms with van der Waals surface area (Å²) < 4.78 is 5.76. The van der Waals surface area contributed by atoms with Crippen molar-refractivity contribution in [2.24, 2.45) is 0 Å². The van der Waals surface area contributed by atoms with Gasteiger partial charge < -0.3 is 10.1 Å². The Bertz CT molecular complexity index is 647. The summed E-state index contributed by atoms with van der Waals surface area (Å²) in [6, 6.07) is 14.1. The number of hydrogen-bond acceptors (Lipinski definition) is 2. The molecule has 0 radical (unpaired) electrons. The second-order valence-corrected chi connectivity index (χ2v) is 5.73. The molecule has 22 heavy (non-hydrogen) atoms. The van der Waals surface area contributed by atoms with Crippen LogP contribution in [0, 0.1) is 20.8 Å². The second-order valence-electron chi connectivity index (χ2n) is 5.73. The number of amides is 1. The molecular formula is C19H23NO2. The van der Waals surface area contributed by atoms with Gasteiger partial charge in [0.15, 0.2) is 6.10 Å². The van der Waals surface area contributed by atoms with Crippen LogP contribution in [0.3, 0.4) is 0 Å². The van der Waals surface area contributed by atoms with Gasteiger partial charge in [0, 0.05) is 6.54 Å². The first kappa shape index (κ1) is 16.1. The standard InChI is InChI=1S/C19H23NO2/c1-13-5-8-17(9-6-13)12-20-19(21)16(4)22-18-10-7-14(2)11-15(18)3/h5-11,16H,12H2,1-4H3,(H,20,21)/t16-/m0/s1. The summed E-state index contributed by atoms with van der Waals surface area (Å²) in [5.41, 5.74) is 4.51. The maximum Gasteiger partial charge on any atom is 0.261 e. The molecule has 1 amide bonds. The van der Waals surface area contributed by atoms with Crippen molar-refractivity contribution >= 4 is 5.91 Å². The molecule has 2 rings (SSSR count). The molecule has 0 aliphatic heterocycles. The van der Waals surface area contributed by atoms with Crippen molar-refractivity contribution in [2.45, 2.75) is 40.3 Å². The summed E-state index contributed by atoms with van der Waals surface area (Å²) in [6.45, 7) is 8.35. The molecule has 1 N–H and O–H groups in total. The van der Waals surface area contributed by atoms with Gasteiger partial charge >= 0.3 is 0 Å². The Kier molecular flexibility index (Phi) is 5.21. The fourth-order valence-electron chi connectivity index (χ4n) is 2.21. The van der Waals surface area contributed by atoms with Gasteiger partial charge in [0.2, 0.25) is 0 Å². The summed E-state index contributed by atoms with van der Waals surface area (Å²) in [5.74, 6) is 0.643. The van der Waals surface area contributed by atoms with Crippen LogP contribution in [0.15, 0.2) is 42.5 Å². The van der Waals surface area contributed by atoms with Gasteiger partial charge in [-0.1, -0.05) is 47.5 Å². The largest absolute Gasteiger partial charge is 0.481 e. The van der Waals surface area contributed by atoms with E-state index in [9.17, 15) is 4.79 Å². The Morgan fingerprint density at radius 2 is 1.68 bits per heavy atom. The van der Waals surface area contributed by atoms with Gasteiger partial charge in [-0.2, -0.15) is 0 Å². The quantitative estimate of drug-likeness (QED) is 0.914. The van der Waals surface area contributed by atoms with E-state index < -0.39 is 6.10 Å². The zero-order chi connectivity index (χ0) is 16.1. The van der Waals surface area contributed by atoms with E-state index in [1.807, 2.05) is 63.2 Å². The predicted molar refractivity (Wildman–Crippen MR) is 89.0 cm³/mol. The minimum absolute atomic E-state index is 0.111. The highest BCUT2D eigenvalue weighted by atomic mass is 16.5. The van der Waals surface area contributed by atoms with Gasteiger partial charge in [0.1, 0.15) is 5.75 Å². The molecule has 3 nitrogen and oxygen atoms in total. The minimum atomic E-state index is -0.521. The lowest BCUT2D eigenvalue weighted by atomic mass is 10.1. The van der Waals surface area contributed by atoms with E-state index in [-0.39, 0.29) is 5.91 Å². The Labute approximate surface area is 132 Å². The van der Waals surface area contributed by atoms with E-state index in [1.54, 1.807) is 6.92 Å². The average molecular weight is 297 g/mol. The van der Waals surface area contributed by atoms with Crippen LogP contribution in [0.5, 0.6) is 5.75 Å². The zero-order valence-corrected chi connectivity index (χ0v) is 13.6. The van der Waals surface area contributed by atoms with E-state index in [0.717, 1.165) is 16.9 Å². The van der Waals surface area contributed by atoms with Gasteiger partial charge in [0.25, 0.3) is 5.91 Å². The maximum atomic E-state index is 12.1. The molecule has 0 bridgehead atoms. The van der Waals surface area contributed by atoms with E-state index in [0.29, 0.717) is 6.54 Å². The number of ether oxygens (including phenoxy) is 1. The molecule has 0 spiro atoms. The summed E-state index contributed by atoms with van der Waals surface area (Å²) >= 11 is 0. The molecule has 0 fully saturated rings. The van der Waals surface area contributed by atoms with E-state index in [1.165, 1.54) is 11.1 Å². The van der Waals surface area contributed by atoms with Crippen LogP contribution in [-0.4, -0.2) is 12.0 Å². The van der Waals surface area contributed by atoms with E-state index in [2.05, 4.69) is 5.32 Å². The molecule has 1 atom stereocenters. The molecule has 0 aliphatic rings. The SMILES string of the molecule is Cc1ccc(CNC(=O)[C@H](C)Oc2ccc(C)cc2C)cc1. The minimum Gasteiger partial charge on any atom is -0.481 e. The van der Waals surface area contributed by atoms with Crippen molar-refractivity contribution in [1.82, 2.24) is 5.32 Å². The lowest BCUT2D eigenvalue weighted by Gasteiger charge is -2.16. The molecule has 2 aromatic rings. The number of rotatable bonds is 5. The molecular weight excluding hydrogens is 274 g/mol. The monoisotopic (exact) mass is 297 g/mol. The van der Waals surface area contributed by atoms with Crippen LogP contribution in [0.2, 0.25) is 0 Å². The van der Waals surface area contributed by atoms with Crippen LogP contribution in [0.25, 0.3) is 0 Å². The summed E-state index contributed by atoms with van der Waals surface area (Å²) in [7, 11) is 0. The first-order chi connectivity index (χ1) is 10.5. The van der Waals surface area contributed by atoms with Crippen LogP contribution in [0.4, 0.5) is 0 Å². The summed E-state index contributed by atoms with van der Waals surface area (Å²) in [4.78, 5) is 12.1. The van der Waals surface area contributed by atoms with Crippen LogP contribution >= 0.6 is 0 Å². The average Bonchev–Trinajstić information content (AvgIpc) is 2.49. The van der Waals surface area contributed by atoms with Crippen molar-refractivity contribution in [3.8, 4) is 5.75 Å². The van der Waals surface area contributed by atoms with Crippen molar-refractivity contribution in [3.05, 3.63) is 64.7 Å². The normalized spacial score (nSPS) is 11.8. The molecule has 0 aliphatic carbocycles. The second kappa shape index (κ2) is 7.12. The number of hydrogen-bond donors (Lipinski definition) is 1. The lowest BCUT2D eigenvalue weighted by molar-refractivity contribution is -0.127. The van der Waals surface area contributed by atoms with Gasteiger partial charge in [0.05, 0.1) is 0 Å². The number of nitrogens with one attached hydrogen (secondary N) is 1. The Hall–Kier alpha value is -2.29. The van der Waals surface area contributed by atoms with Gasteiger partial charge in [-0.25, -0.2) is 0 Å². The predicted octanol–water partition coefficient (Wildman–Crippen LogP) is 3.70. The molecule has 0 saturated heterocycles. The third-order valence-electron chi connectivity index (χ3n) is 3.59. The number of carbonyl (C=O) groups excluding carboxylic acids is 1. The number of benzene rings is 2. The third-order valence-corrected chi connectivity index (χ3v) is 3.59. The smallest absolute Gasteiger partial charge is 0.261 e. The first-order valence-corrected chi connectivity index (χ1v) is 7.53. The van der Waals surface area contributed by atoms with Crippen LogP contribution < -0.4 is 10.1 Å². The van der Waals surface area contributed by atoms with Crippen molar-refractivity contribution in [1.29, 1.82) is 0 Å². The summed E-state index contributed by atoms with van der Waals surface area (Å²) in [5, 5.41) is 2.91. The maximum absolute atomic E-state index is 12.1. The molecule has 0 aromatic heterocycles. The highest BCUT2D eigenvalue weighted by molar-refractivity contribution is 5.80. The Morgan fingerprint density at radius 3 is 2.32 bits per heavy atom. The molecule has 0 saturated carbocycles. The van der Waals surface area contributed by atoms with Crippen molar-refractivity contribution in [3.63, 3.8) is 0 Å². The van der Waals surface area contributed by atoms with E-state index in [4.69, 9.17) is 4.74 Å². The van der Waals surface area contributed by atoms with Gasteiger partial charge in [-0.3, -0.25) is 4.79 Å². The topological polar surface area (TPSA) is 38.3 Å². The van der Waals surface area contributed by atoms with Gasteiger partial charge in [-0.05, 0) is 44.9 Å². The number of aryl methyl sites for hydroxylation is 3. The highest BCUT2D eigenvalue weighted by Crippen LogP contribution is 2.20. The lowest BCUT2D eigenvalue weighted by Crippen LogP contribution is -2.36. The first-order valence-electron chi connectivity index (χ1n) is 7.53. The van der Waals surface area contributed by atoms with Crippen molar-refractivity contribution < 1.29 is 9.53 Å². The number of carbonyl (C=O) groups is 1. The third kappa shape index (κ3) is 4.35. The Morgan fingerprint density at radius 1 is 1.05 bits per heavy atom. The van der Waals surface area contributed by atoms with Gasteiger partial charge in [-0.15, -0.1) is 0 Å². The molecule has 0 unspecified atom stereocenters. The highest BCUT2D eigenvalue weighted by Gasteiger charge is 2.15. The Balaban J connectivity index is 1.90. The fraction of sp³-hybridized carbons (Fsp3) is 0.316. The molecule has 0 heterocycles. The van der Waals surface area contributed by atoms with E-state index >= 15 is 0 Å². The molecule has 2 aromatic carbocycles. The van der Waals surface area contributed by atoms with Crippen LogP contribution in [0.1, 0.15) is 29.2 Å². The molecule has 116 valence electrons. The van der Waals surface area contributed by atoms with Crippen LogP contribution in [-0.2, 0) is 11.3 Å². The molecule has 3 heteroatoms. The van der Waals surface area contributed by atoms with Crippen molar-refractivity contribution in [2.75, 3.05) is 0 Å². The fourth-order valence-corrected chi connectivity index (χ4v) is 2.21.